The summed E-state index contributed by atoms with van der Waals surface area (Å²) in [5.74, 6) is 0.566. The van der Waals surface area contributed by atoms with E-state index in [0.29, 0.717) is 18.5 Å². The molecule has 3 rings (SSSR count). The van der Waals surface area contributed by atoms with Crippen molar-refractivity contribution in [3.05, 3.63) is 29.8 Å². The second kappa shape index (κ2) is 9.09. The molecule has 2 fully saturated rings. The molecule has 138 valence electrons. The van der Waals surface area contributed by atoms with Gasteiger partial charge in [-0.15, -0.1) is 0 Å². The molecule has 25 heavy (non-hydrogen) atoms. The first-order valence-electron chi connectivity index (χ1n) is 9.88. The average molecular weight is 344 g/mol. The number of hydrogen-bond donors (Lipinski definition) is 2. The van der Waals surface area contributed by atoms with Gasteiger partial charge in [-0.05, 0) is 56.8 Å². The first kappa shape index (κ1) is 18.1. The number of rotatable bonds is 6. The van der Waals surface area contributed by atoms with E-state index < -0.39 is 0 Å². The smallest absolute Gasteiger partial charge is 0.188 e. The number of anilines is 1. The molecule has 0 amide bonds. The highest BCUT2D eigenvalue weighted by molar-refractivity contribution is 5.78. The lowest BCUT2D eigenvalue weighted by Gasteiger charge is -2.30. The highest BCUT2D eigenvalue weighted by Crippen LogP contribution is 2.24. The molecule has 2 aliphatic rings. The largest absolute Gasteiger partial charge is 0.371 e. The van der Waals surface area contributed by atoms with Gasteiger partial charge in [-0.2, -0.15) is 0 Å². The van der Waals surface area contributed by atoms with Crippen LogP contribution in [0.25, 0.3) is 0 Å². The maximum atomic E-state index is 6.12. The van der Waals surface area contributed by atoms with E-state index in [1.165, 1.54) is 49.9 Å². The summed E-state index contributed by atoms with van der Waals surface area (Å²) in [5, 5.41) is 3.33. The lowest BCUT2D eigenvalue weighted by Crippen LogP contribution is -2.42. The first-order chi connectivity index (χ1) is 12.3. The molecule has 1 unspecified atom stereocenters. The van der Waals surface area contributed by atoms with Gasteiger partial charge in [-0.3, -0.25) is 4.90 Å². The fraction of sp³-hybridized carbons (Fsp3) is 0.650. The molecule has 1 aromatic rings. The maximum absolute atomic E-state index is 6.12. The minimum absolute atomic E-state index is 0.566. The summed E-state index contributed by atoms with van der Waals surface area (Å²) in [7, 11) is 0. The highest BCUT2D eigenvalue weighted by Gasteiger charge is 2.22. The molecule has 5 heteroatoms. The van der Waals surface area contributed by atoms with E-state index in [0.717, 1.165) is 26.2 Å². The predicted octanol–water partition coefficient (Wildman–Crippen LogP) is 2.57. The van der Waals surface area contributed by atoms with Crippen LogP contribution in [0, 0.1) is 0 Å². The SMILES string of the molecule is CCN1CCCC1CNC(N)=NCc1ccccc1N1CCCCC1. The molecule has 2 aliphatic heterocycles. The Hall–Kier alpha value is -1.75. The zero-order valence-corrected chi connectivity index (χ0v) is 15.6. The normalized spacial score (nSPS) is 22.4. The highest BCUT2D eigenvalue weighted by atomic mass is 15.2. The van der Waals surface area contributed by atoms with E-state index in [4.69, 9.17) is 5.73 Å². The predicted molar refractivity (Wildman–Crippen MR) is 106 cm³/mol. The fourth-order valence-electron chi connectivity index (χ4n) is 4.08. The number of guanidine groups is 1. The molecule has 0 radical (unpaired) electrons. The van der Waals surface area contributed by atoms with Gasteiger partial charge in [-0.25, -0.2) is 4.99 Å². The van der Waals surface area contributed by atoms with E-state index in [1.807, 2.05) is 0 Å². The van der Waals surface area contributed by atoms with E-state index in [2.05, 4.69) is 51.3 Å². The molecule has 2 heterocycles. The zero-order valence-electron chi connectivity index (χ0n) is 15.6. The molecule has 1 atom stereocenters. The van der Waals surface area contributed by atoms with E-state index in [-0.39, 0.29) is 0 Å². The van der Waals surface area contributed by atoms with Crippen LogP contribution in [0.1, 0.15) is 44.6 Å². The third-order valence-electron chi connectivity index (χ3n) is 5.53. The second-order valence-electron chi connectivity index (χ2n) is 7.18. The minimum atomic E-state index is 0.566. The lowest BCUT2D eigenvalue weighted by molar-refractivity contribution is 0.267. The van der Waals surface area contributed by atoms with Crippen molar-refractivity contribution in [2.45, 2.75) is 51.6 Å². The summed E-state index contributed by atoms with van der Waals surface area (Å²) in [6, 6.07) is 9.21. The molecule has 0 bridgehead atoms. The number of likely N-dealkylation sites (N-methyl/N-ethyl adjacent to an activating group) is 1. The van der Waals surface area contributed by atoms with Crippen molar-refractivity contribution in [1.29, 1.82) is 0 Å². The van der Waals surface area contributed by atoms with E-state index in [9.17, 15) is 0 Å². The van der Waals surface area contributed by atoms with Gasteiger partial charge < -0.3 is 16.0 Å². The Balaban J connectivity index is 1.55. The summed E-state index contributed by atoms with van der Waals surface area (Å²) < 4.78 is 0. The monoisotopic (exact) mass is 343 g/mol. The van der Waals surface area contributed by atoms with Crippen molar-refractivity contribution in [2.75, 3.05) is 37.6 Å². The molecule has 3 N–H and O–H groups in total. The molecule has 2 saturated heterocycles. The zero-order chi connectivity index (χ0) is 17.5. The Morgan fingerprint density at radius 1 is 1.16 bits per heavy atom. The summed E-state index contributed by atoms with van der Waals surface area (Å²) >= 11 is 0. The van der Waals surface area contributed by atoms with Gasteiger partial charge >= 0.3 is 0 Å². The quantitative estimate of drug-likeness (QED) is 0.616. The van der Waals surface area contributed by atoms with Crippen LogP contribution in [0.3, 0.4) is 0 Å². The number of benzene rings is 1. The Morgan fingerprint density at radius 3 is 2.76 bits per heavy atom. The number of piperidine rings is 1. The molecule has 0 saturated carbocycles. The van der Waals surface area contributed by atoms with Crippen molar-refractivity contribution in [1.82, 2.24) is 10.2 Å². The van der Waals surface area contributed by atoms with Crippen LogP contribution < -0.4 is 16.0 Å². The summed E-state index contributed by atoms with van der Waals surface area (Å²) in [4.78, 5) is 9.62. The number of para-hydroxylation sites is 1. The van der Waals surface area contributed by atoms with Gasteiger partial charge in [0.25, 0.3) is 0 Å². The van der Waals surface area contributed by atoms with Crippen LogP contribution in [0.5, 0.6) is 0 Å². The van der Waals surface area contributed by atoms with Crippen molar-refractivity contribution < 1.29 is 0 Å². The van der Waals surface area contributed by atoms with Gasteiger partial charge in [-0.1, -0.05) is 25.1 Å². The number of nitrogens with two attached hydrogens (primary N) is 1. The third kappa shape index (κ3) is 4.88. The standard InChI is InChI=1S/C20H33N5/c1-2-24-14-8-10-18(24)16-23-20(21)22-15-17-9-4-5-11-19(17)25-12-6-3-7-13-25/h4-5,9,11,18H,2-3,6-8,10,12-16H2,1H3,(H3,21,22,23). The molecular formula is C20H33N5. The second-order valence-corrected chi connectivity index (χ2v) is 7.18. The molecule has 0 aliphatic carbocycles. The lowest BCUT2D eigenvalue weighted by atomic mass is 10.1. The van der Waals surface area contributed by atoms with Crippen molar-refractivity contribution >= 4 is 11.6 Å². The van der Waals surface area contributed by atoms with Crippen molar-refractivity contribution in [3.63, 3.8) is 0 Å². The summed E-state index contributed by atoms with van der Waals surface area (Å²) in [6.07, 6.45) is 6.48. The van der Waals surface area contributed by atoms with Crippen molar-refractivity contribution in [3.8, 4) is 0 Å². The fourth-order valence-corrected chi connectivity index (χ4v) is 4.08. The van der Waals surface area contributed by atoms with Gasteiger partial charge in [0.15, 0.2) is 5.96 Å². The minimum Gasteiger partial charge on any atom is -0.371 e. The van der Waals surface area contributed by atoms with Crippen LogP contribution in [0.4, 0.5) is 5.69 Å². The Bertz CT molecular complexity index is 565. The molecular weight excluding hydrogens is 310 g/mol. The molecule has 1 aromatic carbocycles. The molecule has 5 nitrogen and oxygen atoms in total. The van der Waals surface area contributed by atoms with E-state index in [1.54, 1.807) is 0 Å². The molecule has 0 aromatic heterocycles. The van der Waals surface area contributed by atoms with E-state index >= 15 is 0 Å². The number of aliphatic imine (C=N–C) groups is 1. The van der Waals surface area contributed by atoms with Crippen LogP contribution >= 0.6 is 0 Å². The Kier molecular flexibility index (Phi) is 6.56. The summed E-state index contributed by atoms with van der Waals surface area (Å²) in [5.41, 5.74) is 8.72. The Labute approximate surface area is 152 Å². The van der Waals surface area contributed by atoms with Crippen LogP contribution in [0.15, 0.2) is 29.3 Å². The van der Waals surface area contributed by atoms with Gasteiger partial charge in [0.05, 0.1) is 6.54 Å². The van der Waals surface area contributed by atoms with Gasteiger partial charge in [0.2, 0.25) is 0 Å². The number of hydrogen-bond acceptors (Lipinski definition) is 3. The first-order valence-corrected chi connectivity index (χ1v) is 9.88. The van der Waals surface area contributed by atoms with Crippen LogP contribution in [-0.4, -0.2) is 49.6 Å². The topological polar surface area (TPSA) is 56.9 Å². The van der Waals surface area contributed by atoms with Gasteiger partial charge in [0.1, 0.15) is 0 Å². The number of likely N-dealkylation sites (tertiary alicyclic amines) is 1. The number of nitrogens with one attached hydrogen (secondary N) is 1. The number of nitrogens with zero attached hydrogens (tertiary/aromatic N) is 3. The van der Waals surface area contributed by atoms with Crippen LogP contribution in [0.2, 0.25) is 0 Å². The third-order valence-corrected chi connectivity index (χ3v) is 5.53. The van der Waals surface area contributed by atoms with Crippen LogP contribution in [-0.2, 0) is 6.54 Å². The molecule has 0 spiro atoms. The average Bonchev–Trinajstić information content (AvgIpc) is 3.13. The Morgan fingerprint density at radius 2 is 1.96 bits per heavy atom. The van der Waals surface area contributed by atoms with Crippen molar-refractivity contribution in [2.24, 2.45) is 10.7 Å². The summed E-state index contributed by atoms with van der Waals surface area (Å²) in [6.45, 7) is 8.42. The van der Waals surface area contributed by atoms with Gasteiger partial charge in [0, 0.05) is 31.4 Å². The maximum Gasteiger partial charge on any atom is 0.188 e.